The van der Waals surface area contributed by atoms with E-state index < -0.39 is 0 Å². The van der Waals surface area contributed by atoms with Gasteiger partial charge in [0.15, 0.2) is 0 Å². The standard InChI is InChI=1S/C18H21BrClN/c1-4-21-17(11-14-5-7-16(20)8-6-14)15-9-12(2)18(19)13(3)10-15/h5-10,17,21H,4,11H2,1-3H3. The molecular weight excluding hydrogens is 346 g/mol. The van der Waals surface area contributed by atoms with E-state index in [1.165, 1.54) is 26.7 Å². The molecule has 0 bridgehead atoms. The molecule has 0 aliphatic rings. The number of aryl methyl sites for hydroxylation is 2. The number of benzene rings is 2. The van der Waals surface area contributed by atoms with E-state index in [0.29, 0.717) is 6.04 Å². The summed E-state index contributed by atoms with van der Waals surface area (Å²) in [5, 5.41) is 4.37. The zero-order chi connectivity index (χ0) is 15.4. The van der Waals surface area contributed by atoms with Gasteiger partial charge in [0.1, 0.15) is 0 Å². The van der Waals surface area contributed by atoms with Gasteiger partial charge in [-0.15, -0.1) is 0 Å². The first kappa shape index (κ1) is 16.5. The number of rotatable bonds is 5. The molecule has 0 saturated heterocycles. The van der Waals surface area contributed by atoms with Crippen molar-refractivity contribution in [2.75, 3.05) is 6.54 Å². The first-order chi connectivity index (χ1) is 10.0. The van der Waals surface area contributed by atoms with Crippen LogP contribution in [0.4, 0.5) is 0 Å². The molecule has 0 amide bonds. The summed E-state index contributed by atoms with van der Waals surface area (Å²) < 4.78 is 1.20. The van der Waals surface area contributed by atoms with E-state index in [1.54, 1.807) is 0 Å². The van der Waals surface area contributed by atoms with E-state index in [2.05, 4.69) is 66.3 Å². The smallest absolute Gasteiger partial charge is 0.0406 e. The molecule has 21 heavy (non-hydrogen) atoms. The topological polar surface area (TPSA) is 12.0 Å². The highest BCUT2D eigenvalue weighted by atomic mass is 79.9. The number of nitrogens with one attached hydrogen (secondary N) is 1. The Labute approximate surface area is 140 Å². The third-order valence-corrected chi connectivity index (χ3v) is 5.17. The Morgan fingerprint density at radius 3 is 2.19 bits per heavy atom. The zero-order valence-electron chi connectivity index (χ0n) is 12.7. The maximum absolute atomic E-state index is 5.96. The van der Waals surface area contributed by atoms with Crippen molar-refractivity contribution in [3.8, 4) is 0 Å². The molecule has 2 aromatic carbocycles. The van der Waals surface area contributed by atoms with Gasteiger partial charge in [0.25, 0.3) is 0 Å². The summed E-state index contributed by atoms with van der Waals surface area (Å²) in [5.41, 5.74) is 5.20. The lowest BCUT2D eigenvalue weighted by molar-refractivity contribution is 0.549. The molecule has 0 fully saturated rings. The van der Waals surface area contributed by atoms with Crippen molar-refractivity contribution >= 4 is 27.5 Å². The van der Waals surface area contributed by atoms with Gasteiger partial charge in [-0.1, -0.05) is 58.7 Å². The van der Waals surface area contributed by atoms with Crippen LogP contribution in [0.3, 0.4) is 0 Å². The minimum atomic E-state index is 0.321. The maximum Gasteiger partial charge on any atom is 0.0406 e. The van der Waals surface area contributed by atoms with Crippen LogP contribution >= 0.6 is 27.5 Å². The molecule has 1 atom stereocenters. The van der Waals surface area contributed by atoms with Crippen LogP contribution in [0.5, 0.6) is 0 Å². The van der Waals surface area contributed by atoms with E-state index in [9.17, 15) is 0 Å². The molecule has 2 rings (SSSR count). The maximum atomic E-state index is 5.96. The Bertz CT molecular complexity index is 584. The van der Waals surface area contributed by atoms with Crippen molar-refractivity contribution in [3.05, 3.63) is 68.1 Å². The average Bonchev–Trinajstić information content (AvgIpc) is 2.46. The van der Waals surface area contributed by atoms with Gasteiger partial charge >= 0.3 is 0 Å². The zero-order valence-corrected chi connectivity index (χ0v) is 15.1. The Hall–Kier alpha value is -0.830. The summed E-state index contributed by atoms with van der Waals surface area (Å²) in [6.07, 6.45) is 0.964. The average molecular weight is 367 g/mol. The van der Waals surface area contributed by atoms with Crippen LogP contribution in [0.2, 0.25) is 5.02 Å². The van der Waals surface area contributed by atoms with Crippen molar-refractivity contribution in [1.82, 2.24) is 5.32 Å². The van der Waals surface area contributed by atoms with Crippen molar-refractivity contribution in [3.63, 3.8) is 0 Å². The first-order valence-corrected chi connectivity index (χ1v) is 8.42. The molecule has 0 aliphatic carbocycles. The highest BCUT2D eigenvalue weighted by molar-refractivity contribution is 9.10. The fraction of sp³-hybridized carbons (Fsp3) is 0.333. The molecule has 0 heterocycles. The summed E-state index contributed by atoms with van der Waals surface area (Å²) in [7, 11) is 0. The predicted octanol–water partition coefficient (Wildman–Crippen LogP) is 5.61. The van der Waals surface area contributed by atoms with Gasteiger partial charge in [0.05, 0.1) is 0 Å². The highest BCUT2D eigenvalue weighted by Crippen LogP contribution is 2.27. The van der Waals surface area contributed by atoms with Crippen molar-refractivity contribution in [1.29, 1.82) is 0 Å². The van der Waals surface area contributed by atoms with Crippen LogP contribution < -0.4 is 5.32 Å². The molecule has 0 radical (unpaired) electrons. The van der Waals surface area contributed by atoms with Crippen LogP contribution in [-0.4, -0.2) is 6.54 Å². The van der Waals surface area contributed by atoms with E-state index in [1.807, 2.05) is 12.1 Å². The molecule has 0 aliphatic heterocycles. The number of likely N-dealkylation sites (N-methyl/N-ethyl adjacent to an activating group) is 1. The van der Waals surface area contributed by atoms with E-state index in [-0.39, 0.29) is 0 Å². The van der Waals surface area contributed by atoms with Gasteiger partial charge in [-0.25, -0.2) is 0 Å². The van der Waals surface area contributed by atoms with Gasteiger partial charge in [0, 0.05) is 15.5 Å². The second-order valence-electron chi connectivity index (χ2n) is 5.41. The third kappa shape index (κ3) is 4.32. The Balaban J connectivity index is 2.28. The fourth-order valence-corrected chi connectivity index (χ4v) is 2.95. The first-order valence-electron chi connectivity index (χ1n) is 7.25. The lowest BCUT2D eigenvalue weighted by Crippen LogP contribution is -2.23. The summed E-state index contributed by atoms with van der Waals surface area (Å²) in [4.78, 5) is 0. The van der Waals surface area contributed by atoms with Gasteiger partial charge in [0.2, 0.25) is 0 Å². The Morgan fingerprint density at radius 1 is 1.10 bits per heavy atom. The summed E-state index contributed by atoms with van der Waals surface area (Å²) in [6.45, 7) is 7.39. The molecule has 2 aromatic rings. The predicted molar refractivity (Wildman–Crippen MR) is 95.2 cm³/mol. The minimum Gasteiger partial charge on any atom is -0.310 e. The molecule has 3 heteroatoms. The van der Waals surface area contributed by atoms with Gasteiger partial charge < -0.3 is 5.32 Å². The SMILES string of the molecule is CCNC(Cc1ccc(Cl)cc1)c1cc(C)c(Br)c(C)c1. The normalized spacial score (nSPS) is 12.4. The van der Waals surface area contributed by atoms with Gasteiger partial charge in [-0.2, -0.15) is 0 Å². The molecule has 1 nitrogen and oxygen atoms in total. The largest absolute Gasteiger partial charge is 0.310 e. The monoisotopic (exact) mass is 365 g/mol. The van der Waals surface area contributed by atoms with E-state index in [4.69, 9.17) is 11.6 Å². The minimum absolute atomic E-state index is 0.321. The lowest BCUT2D eigenvalue weighted by Gasteiger charge is -2.20. The molecule has 0 saturated carbocycles. The highest BCUT2D eigenvalue weighted by Gasteiger charge is 2.13. The summed E-state index contributed by atoms with van der Waals surface area (Å²) >= 11 is 9.61. The Morgan fingerprint density at radius 2 is 1.67 bits per heavy atom. The van der Waals surface area contributed by atoms with Gasteiger partial charge in [-0.3, -0.25) is 0 Å². The van der Waals surface area contributed by atoms with Crippen molar-refractivity contribution in [2.45, 2.75) is 33.2 Å². The molecule has 1 unspecified atom stereocenters. The van der Waals surface area contributed by atoms with Gasteiger partial charge in [-0.05, 0) is 61.2 Å². The van der Waals surface area contributed by atoms with E-state index in [0.717, 1.165) is 18.0 Å². The van der Waals surface area contributed by atoms with Crippen LogP contribution in [0, 0.1) is 13.8 Å². The van der Waals surface area contributed by atoms with Crippen LogP contribution in [-0.2, 0) is 6.42 Å². The van der Waals surface area contributed by atoms with Crippen LogP contribution in [0.25, 0.3) is 0 Å². The fourth-order valence-electron chi connectivity index (χ4n) is 2.59. The molecule has 112 valence electrons. The quantitative estimate of drug-likeness (QED) is 0.725. The number of hydrogen-bond acceptors (Lipinski definition) is 1. The lowest BCUT2D eigenvalue weighted by atomic mass is 9.96. The number of halogens is 2. The second kappa shape index (κ2) is 7.44. The Kier molecular flexibility index (Phi) is 5.86. The van der Waals surface area contributed by atoms with Crippen LogP contribution in [0.15, 0.2) is 40.9 Å². The molecule has 1 N–H and O–H groups in total. The van der Waals surface area contributed by atoms with Crippen molar-refractivity contribution in [2.24, 2.45) is 0 Å². The van der Waals surface area contributed by atoms with E-state index >= 15 is 0 Å². The molecular formula is C18H21BrClN. The summed E-state index contributed by atoms with van der Waals surface area (Å²) in [6, 6.07) is 13.0. The van der Waals surface area contributed by atoms with Crippen molar-refractivity contribution < 1.29 is 0 Å². The second-order valence-corrected chi connectivity index (χ2v) is 6.64. The number of hydrogen-bond donors (Lipinski definition) is 1. The third-order valence-electron chi connectivity index (χ3n) is 3.66. The summed E-state index contributed by atoms with van der Waals surface area (Å²) in [5.74, 6) is 0. The molecule has 0 aromatic heterocycles. The van der Waals surface area contributed by atoms with Crippen LogP contribution in [0.1, 0.15) is 35.2 Å². The molecule has 0 spiro atoms.